The van der Waals surface area contributed by atoms with Gasteiger partial charge >= 0.3 is 0 Å². The van der Waals surface area contributed by atoms with E-state index < -0.39 is 4.92 Å². The van der Waals surface area contributed by atoms with Gasteiger partial charge in [0.15, 0.2) is 6.79 Å². The summed E-state index contributed by atoms with van der Waals surface area (Å²) in [7, 11) is 0. The quantitative estimate of drug-likeness (QED) is 0.524. The largest absolute Gasteiger partial charge is 0.467 e. The van der Waals surface area contributed by atoms with E-state index >= 15 is 0 Å². The van der Waals surface area contributed by atoms with Crippen molar-refractivity contribution in [2.75, 3.05) is 6.79 Å². The van der Waals surface area contributed by atoms with Crippen LogP contribution in [0.3, 0.4) is 0 Å². The molecule has 0 saturated heterocycles. The van der Waals surface area contributed by atoms with Crippen molar-refractivity contribution < 1.29 is 14.4 Å². The summed E-state index contributed by atoms with van der Waals surface area (Å²) < 4.78 is 10.6. The molecule has 3 rings (SSSR count). The van der Waals surface area contributed by atoms with Crippen molar-refractivity contribution in [1.82, 2.24) is 15.2 Å². The number of H-pyrrole nitrogens is 1. The number of nitrogens with one attached hydrogen (secondary N) is 1. The van der Waals surface area contributed by atoms with E-state index in [2.05, 4.69) is 15.2 Å². The van der Waals surface area contributed by atoms with Crippen LogP contribution in [0, 0.1) is 17.0 Å². The monoisotopic (exact) mass is 308 g/mol. The molecule has 1 aromatic carbocycles. The minimum absolute atomic E-state index is 0.0321. The Balaban J connectivity index is 1.88. The highest BCUT2D eigenvalue weighted by atomic mass is 32.2. The van der Waals surface area contributed by atoms with Crippen LogP contribution in [-0.2, 0) is 17.1 Å². The Labute approximate surface area is 124 Å². The fraction of sp³-hybridized carbons (Fsp3) is 0.333. The van der Waals surface area contributed by atoms with Gasteiger partial charge < -0.3 is 9.47 Å². The van der Waals surface area contributed by atoms with E-state index in [9.17, 15) is 10.1 Å². The molecule has 8 nitrogen and oxygen atoms in total. The highest BCUT2D eigenvalue weighted by Gasteiger charge is 2.21. The van der Waals surface area contributed by atoms with E-state index in [1.807, 2.05) is 6.92 Å². The van der Waals surface area contributed by atoms with Crippen molar-refractivity contribution in [2.45, 2.75) is 24.4 Å². The number of hydrogen-bond donors (Lipinski definition) is 1. The zero-order valence-electron chi connectivity index (χ0n) is 11.2. The summed E-state index contributed by atoms with van der Waals surface area (Å²) >= 11 is 1.39. The number of nitro groups is 1. The number of aryl methyl sites for hydroxylation is 1. The lowest BCUT2D eigenvalue weighted by Crippen LogP contribution is -2.13. The smallest absolute Gasteiger partial charge is 0.270 e. The topological polar surface area (TPSA) is 103 Å². The molecule has 0 bridgehead atoms. The average Bonchev–Trinajstić information content (AvgIpc) is 2.90. The number of aromatic nitrogens is 3. The number of ether oxygens (including phenoxy) is 2. The molecule has 0 fully saturated rings. The normalized spacial score (nSPS) is 13.6. The Morgan fingerprint density at radius 1 is 1.52 bits per heavy atom. The molecule has 21 heavy (non-hydrogen) atoms. The Morgan fingerprint density at radius 3 is 3.10 bits per heavy atom. The van der Waals surface area contributed by atoms with E-state index in [-0.39, 0.29) is 12.5 Å². The van der Waals surface area contributed by atoms with Crippen LogP contribution in [0.25, 0.3) is 0 Å². The summed E-state index contributed by atoms with van der Waals surface area (Å²) in [6, 6.07) is 3.01. The van der Waals surface area contributed by atoms with Crippen molar-refractivity contribution in [3.63, 3.8) is 0 Å². The molecule has 110 valence electrons. The number of hydrogen-bond acceptors (Lipinski definition) is 7. The van der Waals surface area contributed by atoms with Gasteiger partial charge in [-0.2, -0.15) is 0 Å². The van der Waals surface area contributed by atoms with Crippen molar-refractivity contribution in [3.05, 3.63) is 39.2 Å². The first-order chi connectivity index (χ1) is 10.1. The third-order valence-electron chi connectivity index (χ3n) is 2.92. The molecule has 0 radical (unpaired) electrons. The number of thioether (sulfide) groups is 1. The molecule has 1 aliphatic rings. The van der Waals surface area contributed by atoms with Crippen molar-refractivity contribution in [3.8, 4) is 5.75 Å². The van der Waals surface area contributed by atoms with Gasteiger partial charge in [0.25, 0.3) is 5.69 Å². The number of nitrogens with zero attached hydrogens (tertiary/aromatic N) is 3. The van der Waals surface area contributed by atoms with Gasteiger partial charge in [-0.05, 0) is 6.92 Å². The molecule has 9 heteroatoms. The Bertz CT molecular complexity index is 688. The van der Waals surface area contributed by atoms with Gasteiger partial charge in [0, 0.05) is 29.0 Å². The van der Waals surface area contributed by atoms with Crippen LogP contribution >= 0.6 is 11.8 Å². The van der Waals surface area contributed by atoms with Gasteiger partial charge in [0.05, 0.1) is 11.5 Å². The van der Waals surface area contributed by atoms with Crippen LogP contribution in [0.15, 0.2) is 17.3 Å². The lowest BCUT2D eigenvalue weighted by Gasteiger charge is -2.20. The average molecular weight is 308 g/mol. The first kappa shape index (κ1) is 13.8. The molecule has 1 aliphatic heterocycles. The maximum atomic E-state index is 11.0. The Morgan fingerprint density at radius 2 is 2.38 bits per heavy atom. The molecule has 2 heterocycles. The van der Waals surface area contributed by atoms with Gasteiger partial charge in [-0.25, -0.2) is 4.98 Å². The fourth-order valence-corrected chi connectivity index (χ4v) is 2.83. The summed E-state index contributed by atoms with van der Waals surface area (Å²) in [5, 5.41) is 18.4. The molecular formula is C12H12N4O4S. The predicted octanol–water partition coefficient (Wildman–Crippen LogP) is 2.18. The Kier molecular flexibility index (Phi) is 3.76. The Hall–Kier alpha value is -2.13. The number of benzene rings is 1. The van der Waals surface area contributed by atoms with E-state index in [0.29, 0.717) is 28.8 Å². The van der Waals surface area contributed by atoms with Crippen molar-refractivity contribution >= 4 is 17.4 Å². The van der Waals surface area contributed by atoms with Gasteiger partial charge in [0.1, 0.15) is 11.6 Å². The van der Waals surface area contributed by atoms with E-state index in [4.69, 9.17) is 9.47 Å². The molecule has 0 unspecified atom stereocenters. The number of rotatable bonds is 4. The molecule has 0 aliphatic carbocycles. The second-order valence-electron chi connectivity index (χ2n) is 4.45. The maximum Gasteiger partial charge on any atom is 0.270 e. The molecule has 2 aromatic rings. The van der Waals surface area contributed by atoms with E-state index in [1.54, 1.807) is 0 Å². The third-order valence-corrected chi connectivity index (χ3v) is 3.81. The fourth-order valence-electron chi connectivity index (χ4n) is 2.02. The number of aromatic amines is 1. The van der Waals surface area contributed by atoms with Crippen LogP contribution in [0.1, 0.15) is 17.0 Å². The minimum atomic E-state index is -0.417. The minimum Gasteiger partial charge on any atom is -0.467 e. The molecule has 0 spiro atoms. The third kappa shape index (κ3) is 2.98. The standard InChI is InChI=1S/C12H12N4O4S/c1-7-13-12(15-14-7)21-5-9-3-10(16(17)18)2-8-4-19-6-20-11(8)9/h2-3H,4-6H2,1H3,(H,13,14,15). The van der Waals surface area contributed by atoms with Gasteiger partial charge in [0.2, 0.25) is 5.16 Å². The van der Waals surface area contributed by atoms with Crippen LogP contribution in [-0.4, -0.2) is 26.9 Å². The summed E-state index contributed by atoms with van der Waals surface area (Å²) in [5.41, 5.74) is 1.47. The molecule has 0 amide bonds. The highest BCUT2D eigenvalue weighted by Crippen LogP contribution is 2.35. The van der Waals surface area contributed by atoms with E-state index in [1.165, 1.54) is 23.9 Å². The first-order valence-electron chi connectivity index (χ1n) is 6.16. The van der Waals surface area contributed by atoms with Gasteiger partial charge in [-0.15, -0.1) is 5.10 Å². The second kappa shape index (κ2) is 5.70. The van der Waals surface area contributed by atoms with E-state index in [0.717, 1.165) is 11.4 Å². The highest BCUT2D eigenvalue weighted by molar-refractivity contribution is 7.98. The maximum absolute atomic E-state index is 11.0. The summed E-state index contributed by atoms with van der Waals surface area (Å²) in [6.07, 6.45) is 0. The second-order valence-corrected chi connectivity index (χ2v) is 5.40. The summed E-state index contributed by atoms with van der Waals surface area (Å²) in [4.78, 5) is 14.8. The van der Waals surface area contributed by atoms with Gasteiger partial charge in [-0.3, -0.25) is 15.2 Å². The van der Waals surface area contributed by atoms with Crippen LogP contribution in [0.5, 0.6) is 5.75 Å². The SMILES string of the molecule is Cc1nc(SCc2cc([N+](=O)[O-])cc3c2OCOC3)n[nH]1. The summed E-state index contributed by atoms with van der Waals surface area (Å²) in [5.74, 6) is 1.87. The summed E-state index contributed by atoms with van der Waals surface area (Å²) in [6.45, 7) is 2.28. The number of nitro benzene ring substituents is 1. The van der Waals surface area contributed by atoms with Crippen LogP contribution in [0.2, 0.25) is 0 Å². The molecular weight excluding hydrogens is 296 g/mol. The number of fused-ring (bicyclic) bond motifs is 1. The molecule has 1 aromatic heterocycles. The zero-order valence-corrected chi connectivity index (χ0v) is 12.0. The van der Waals surface area contributed by atoms with Gasteiger partial charge in [-0.1, -0.05) is 11.8 Å². The predicted molar refractivity (Wildman–Crippen MR) is 74.1 cm³/mol. The van der Waals surface area contributed by atoms with Crippen molar-refractivity contribution in [2.24, 2.45) is 0 Å². The molecule has 0 saturated carbocycles. The lowest BCUT2D eigenvalue weighted by molar-refractivity contribution is -0.385. The molecule has 1 N–H and O–H groups in total. The zero-order chi connectivity index (χ0) is 14.8. The first-order valence-corrected chi connectivity index (χ1v) is 7.14. The molecule has 0 atom stereocenters. The van der Waals surface area contributed by atoms with Crippen molar-refractivity contribution in [1.29, 1.82) is 0 Å². The van der Waals surface area contributed by atoms with Crippen LogP contribution < -0.4 is 4.74 Å². The number of non-ortho nitro benzene ring substituents is 1. The van der Waals surface area contributed by atoms with Crippen LogP contribution in [0.4, 0.5) is 5.69 Å². The lowest BCUT2D eigenvalue weighted by atomic mass is 10.1.